The Hall–Kier alpha value is -0.820. The van der Waals surface area contributed by atoms with E-state index >= 15 is 0 Å². The maximum Gasteiger partial charge on any atom is 0.401 e. The molecule has 0 amide bonds. The highest BCUT2D eigenvalue weighted by molar-refractivity contribution is 5.75. The lowest BCUT2D eigenvalue weighted by Gasteiger charge is -2.34. The molecule has 1 saturated heterocycles. The number of nitrogens with zero attached hydrogens (tertiary/aromatic N) is 2. The van der Waals surface area contributed by atoms with Crippen LogP contribution in [-0.4, -0.2) is 54.8 Å². The Labute approximate surface area is 105 Å². The van der Waals surface area contributed by atoms with Gasteiger partial charge >= 0.3 is 12.1 Å². The van der Waals surface area contributed by atoms with Crippen LogP contribution in [0.15, 0.2) is 0 Å². The third-order valence-corrected chi connectivity index (χ3v) is 2.56. The number of rotatable bonds is 2. The Morgan fingerprint density at radius 3 is 2.00 bits per heavy atom. The van der Waals surface area contributed by atoms with Crippen LogP contribution in [0.2, 0.25) is 0 Å². The molecule has 0 bridgehead atoms. The number of halogens is 3. The smallest absolute Gasteiger partial charge is 0.367 e. The first kappa shape index (κ1) is 15.2. The van der Waals surface area contributed by atoms with Gasteiger partial charge in [-0.15, -0.1) is 5.06 Å². The van der Waals surface area contributed by atoms with Gasteiger partial charge in [0.1, 0.15) is 0 Å². The van der Waals surface area contributed by atoms with Crippen molar-refractivity contribution < 1.29 is 22.8 Å². The highest BCUT2D eigenvalue weighted by atomic mass is 19.4. The topological polar surface area (TPSA) is 32.8 Å². The average Bonchev–Trinajstić information content (AvgIpc) is 2.17. The minimum Gasteiger partial charge on any atom is -0.367 e. The molecular formula is C11H19F3N2O2. The van der Waals surface area contributed by atoms with Gasteiger partial charge < -0.3 is 4.84 Å². The van der Waals surface area contributed by atoms with E-state index in [0.717, 1.165) is 0 Å². The van der Waals surface area contributed by atoms with Crippen molar-refractivity contribution in [3.8, 4) is 0 Å². The minimum atomic E-state index is -4.18. The van der Waals surface area contributed by atoms with Crippen molar-refractivity contribution in [3.05, 3.63) is 0 Å². The molecule has 1 aliphatic heterocycles. The SMILES string of the molecule is CC(C)(C)C(=O)ON1CCN(CC(F)(F)F)CC1. The van der Waals surface area contributed by atoms with Gasteiger partial charge in [0.05, 0.1) is 12.0 Å². The fourth-order valence-corrected chi connectivity index (χ4v) is 1.49. The third-order valence-electron chi connectivity index (χ3n) is 2.56. The van der Waals surface area contributed by atoms with Gasteiger partial charge in [0.2, 0.25) is 0 Å². The molecule has 0 aromatic rings. The Bertz CT molecular complexity index is 292. The predicted molar refractivity (Wildman–Crippen MR) is 59.6 cm³/mol. The van der Waals surface area contributed by atoms with Gasteiger partial charge in [-0.1, -0.05) is 0 Å². The highest BCUT2D eigenvalue weighted by Crippen LogP contribution is 2.19. The second kappa shape index (κ2) is 5.44. The zero-order valence-corrected chi connectivity index (χ0v) is 10.9. The van der Waals surface area contributed by atoms with Crippen LogP contribution in [0.25, 0.3) is 0 Å². The van der Waals surface area contributed by atoms with E-state index in [4.69, 9.17) is 4.84 Å². The Morgan fingerprint density at radius 2 is 1.61 bits per heavy atom. The summed E-state index contributed by atoms with van der Waals surface area (Å²) in [5.74, 6) is -0.369. The molecule has 7 heteroatoms. The van der Waals surface area contributed by atoms with Crippen LogP contribution in [0.4, 0.5) is 13.2 Å². The van der Waals surface area contributed by atoms with E-state index in [9.17, 15) is 18.0 Å². The van der Waals surface area contributed by atoms with E-state index in [2.05, 4.69) is 0 Å². The molecule has 0 N–H and O–H groups in total. The summed E-state index contributed by atoms with van der Waals surface area (Å²) in [6.45, 7) is 5.39. The molecule has 1 rings (SSSR count). The standard InChI is InChI=1S/C11H19F3N2O2/c1-10(2,3)9(17)18-16-6-4-15(5-7-16)8-11(12,13)14/h4-8H2,1-3H3. The molecule has 0 aromatic heterocycles. The van der Waals surface area contributed by atoms with E-state index in [0.29, 0.717) is 13.1 Å². The van der Waals surface area contributed by atoms with Crippen molar-refractivity contribution in [2.45, 2.75) is 26.9 Å². The minimum absolute atomic E-state index is 0.247. The molecule has 18 heavy (non-hydrogen) atoms. The zero-order valence-electron chi connectivity index (χ0n) is 10.9. The molecule has 4 nitrogen and oxygen atoms in total. The van der Waals surface area contributed by atoms with Crippen LogP contribution in [0.5, 0.6) is 0 Å². The monoisotopic (exact) mass is 268 g/mol. The molecule has 0 spiro atoms. The van der Waals surface area contributed by atoms with E-state index in [1.165, 1.54) is 9.96 Å². The van der Waals surface area contributed by atoms with Crippen molar-refractivity contribution >= 4 is 5.97 Å². The number of carbonyl (C=O) groups is 1. The van der Waals surface area contributed by atoms with Crippen molar-refractivity contribution in [1.29, 1.82) is 0 Å². The van der Waals surface area contributed by atoms with Crippen molar-refractivity contribution in [2.75, 3.05) is 32.7 Å². The lowest BCUT2D eigenvalue weighted by atomic mass is 9.98. The fraction of sp³-hybridized carbons (Fsp3) is 0.909. The van der Waals surface area contributed by atoms with Crippen LogP contribution in [0, 0.1) is 5.41 Å². The van der Waals surface area contributed by atoms with Gasteiger partial charge in [-0.2, -0.15) is 13.2 Å². The van der Waals surface area contributed by atoms with Crippen molar-refractivity contribution in [2.24, 2.45) is 5.41 Å². The summed E-state index contributed by atoms with van der Waals surface area (Å²) in [7, 11) is 0. The van der Waals surface area contributed by atoms with Crippen LogP contribution >= 0.6 is 0 Å². The van der Waals surface area contributed by atoms with Crippen molar-refractivity contribution in [1.82, 2.24) is 9.96 Å². The summed E-state index contributed by atoms with van der Waals surface area (Å²) < 4.78 is 36.5. The van der Waals surface area contributed by atoms with Crippen LogP contribution in [0.1, 0.15) is 20.8 Å². The summed E-state index contributed by atoms with van der Waals surface area (Å²) in [5.41, 5.74) is -0.608. The largest absolute Gasteiger partial charge is 0.401 e. The number of alkyl halides is 3. The lowest BCUT2D eigenvalue weighted by Crippen LogP contribution is -2.50. The molecule has 0 saturated carbocycles. The van der Waals surface area contributed by atoms with Crippen LogP contribution in [0.3, 0.4) is 0 Å². The summed E-state index contributed by atoms with van der Waals surface area (Å²) in [4.78, 5) is 18.0. The summed E-state index contributed by atoms with van der Waals surface area (Å²) in [5, 5.41) is 1.43. The summed E-state index contributed by atoms with van der Waals surface area (Å²) in [6, 6.07) is 0. The van der Waals surface area contributed by atoms with E-state index in [1.807, 2.05) is 0 Å². The van der Waals surface area contributed by atoms with E-state index < -0.39 is 18.1 Å². The second-order valence-electron chi connectivity index (χ2n) is 5.45. The lowest BCUT2D eigenvalue weighted by molar-refractivity contribution is -0.212. The van der Waals surface area contributed by atoms with Gasteiger partial charge in [0.15, 0.2) is 0 Å². The third kappa shape index (κ3) is 5.22. The van der Waals surface area contributed by atoms with Crippen LogP contribution < -0.4 is 0 Å². The quantitative estimate of drug-likeness (QED) is 0.762. The summed E-state index contributed by atoms with van der Waals surface area (Å²) in [6.07, 6.45) is -4.18. The summed E-state index contributed by atoms with van der Waals surface area (Å²) >= 11 is 0. The number of hydrogen-bond acceptors (Lipinski definition) is 4. The average molecular weight is 268 g/mol. The molecule has 0 atom stereocenters. The zero-order chi connectivity index (χ0) is 14.0. The molecule has 0 aliphatic carbocycles. The first-order chi connectivity index (χ1) is 8.08. The molecule has 106 valence electrons. The molecule has 0 aromatic carbocycles. The Kier molecular flexibility index (Phi) is 4.61. The molecule has 0 unspecified atom stereocenters. The van der Waals surface area contributed by atoms with Gasteiger partial charge in [-0.25, -0.2) is 4.79 Å². The van der Waals surface area contributed by atoms with Crippen molar-refractivity contribution in [3.63, 3.8) is 0 Å². The van der Waals surface area contributed by atoms with Gasteiger partial charge in [0, 0.05) is 26.2 Å². The first-order valence-corrected chi connectivity index (χ1v) is 5.84. The Morgan fingerprint density at radius 1 is 1.11 bits per heavy atom. The maximum atomic E-state index is 12.2. The normalized spacial score (nSPS) is 19.9. The fourth-order valence-electron chi connectivity index (χ4n) is 1.49. The Balaban J connectivity index is 2.34. The molecule has 1 fully saturated rings. The number of hydrogen-bond donors (Lipinski definition) is 0. The molecular weight excluding hydrogens is 249 g/mol. The van der Waals surface area contributed by atoms with Gasteiger partial charge in [-0.05, 0) is 20.8 Å². The molecule has 1 heterocycles. The van der Waals surface area contributed by atoms with Gasteiger partial charge in [0.25, 0.3) is 0 Å². The van der Waals surface area contributed by atoms with Crippen LogP contribution in [-0.2, 0) is 9.63 Å². The van der Waals surface area contributed by atoms with E-state index in [-0.39, 0.29) is 19.1 Å². The maximum absolute atomic E-state index is 12.2. The molecule has 0 radical (unpaired) electrons. The highest BCUT2D eigenvalue weighted by Gasteiger charge is 2.33. The van der Waals surface area contributed by atoms with E-state index in [1.54, 1.807) is 20.8 Å². The number of carbonyl (C=O) groups excluding carboxylic acids is 1. The number of hydroxylamine groups is 2. The molecule has 1 aliphatic rings. The predicted octanol–water partition coefficient (Wildman–Crippen LogP) is 1.67. The number of piperazine rings is 1. The first-order valence-electron chi connectivity index (χ1n) is 5.84. The second-order valence-corrected chi connectivity index (χ2v) is 5.45. The van der Waals surface area contributed by atoms with Gasteiger partial charge in [-0.3, -0.25) is 4.90 Å².